The number of carboxylic acids is 1. The Balaban J connectivity index is 2.02. The molecule has 1 atom stereocenters. The lowest BCUT2D eigenvalue weighted by Gasteiger charge is -2.27. The van der Waals surface area contributed by atoms with Crippen LogP contribution in [0.3, 0.4) is 0 Å². The number of carboxylic acid groups (broad SMARTS) is 1. The molecular weight excluding hydrogens is 460 g/mol. The fraction of sp³-hybridized carbons (Fsp3) is 0.118. The summed E-state index contributed by atoms with van der Waals surface area (Å²) in [6.45, 7) is 0. The normalized spacial score (nSPS) is 16.2. The topological polar surface area (TPSA) is 55.8 Å². The molecule has 0 bridgehead atoms. The number of fused-ring (bicyclic) bond motifs is 1. The van der Waals surface area contributed by atoms with Crippen LogP contribution in [0.15, 0.2) is 40.4 Å². The molecule has 1 N–H and O–H groups in total. The number of halogens is 6. The van der Waals surface area contributed by atoms with Crippen LogP contribution in [-0.4, -0.2) is 23.4 Å². The maximum atomic E-state index is 13.9. The first-order valence-corrected chi connectivity index (χ1v) is 8.38. The van der Waals surface area contributed by atoms with E-state index in [2.05, 4.69) is 15.9 Å². The lowest BCUT2D eigenvalue weighted by Crippen LogP contribution is -2.40. The van der Waals surface area contributed by atoms with E-state index in [1.165, 1.54) is 18.2 Å². The summed E-state index contributed by atoms with van der Waals surface area (Å²) in [6.07, 6.45) is -6.77. The third kappa shape index (κ3) is 4.03. The third-order valence-electron chi connectivity index (χ3n) is 3.56. The molecule has 0 aromatic heterocycles. The van der Waals surface area contributed by atoms with Crippen molar-refractivity contribution in [2.45, 2.75) is 12.3 Å². The predicted octanol–water partition coefficient (Wildman–Crippen LogP) is 5.83. The molecule has 0 saturated carbocycles. The second-order valence-electron chi connectivity index (χ2n) is 5.44. The highest BCUT2D eigenvalue weighted by atomic mass is 79.9. The van der Waals surface area contributed by atoms with Gasteiger partial charge in [0, 0.05) is 16.1 Å². The van der Waals surface area contributed by atoms with E-state index in [-0.39, 0.29) is 27.8 Å². The lowest BCUT2D eigenvalue weighted by atomic mass is 10.0. The molecule has 1 heterocycles. The second-order valence-corrected chi connectivity index (χ2v) is 6.76. The molecule has 27 heavy (non-hydrogen) atoms. The Bertz CT molecular complexity index is 959. The Morgan fingerprint density at radius 1 is 1.22 bits per heavy atom. The average Bonchev–Trinajstić information content (AvgIpc) is 2.55. The molecule has 0 amide bonds. The van der Waals surface area contributed by atoms with Crippen LogP contribution in [0.1, 0.15) is 5.56 Å². The number of aliphatic carboxylic acids is 1. The predicted molar refractivity (Wildman–Crippen MR) is 91.7 cm³/mol. The molecule has 1 aliphatic rings. The number of hydrogen-bond acceptors (Lipinski definition) is 3. The van der Waals surface area contributed by atoms with E-state index < -0.39 is 29.6 Å². The van der Waals surface area contributed by atoms with Gasteiger partial charge in [-0.15, -0.1) is 0 Å². The third-order valence-corrected chi connectivity index (χ3v) is 4.35. The van der Waals surface area contributed by atoms with Crippen molar-refractivity contribution in [3.8, 4) is 17.2 Å². The van der Waals surface area contributed by atoms with E-state index in [1.807, 2.05) is 0 Å². The largest absolute Gasteiger partial charge is 0.478 e. The van der Waals surface area contributed by atoms with E-state index in [4.69, 9.17) is 26.2 Å². The minimum Gasteiger partial charge on any atom is -0.478 e. The summed E-state index contributed by atoms with van der Waals surface area (Å²) in [7, 11) is 0. The summed E-state index contributed by atoms with van der Waals surface area (Å²) in [5.41, 5.74) is -0.944. The van der Waals surface area contributed by atoms with Crippen molar-refractivity contribution in [1.82, 2.24) is 0 Å². The van der Waals surface area contributed by atoms with Gasteiger partial charge < -0.3 is 14.6 Å². The number of ether oxygens (including phenoxy) is 2. The molecule has 1 aliphatic heterocycles. The summed E-state index contributed by atoms with van der Waals surface area (Å²) in [5.74, 6) is -3.13. The Hall–Kier alpha value is -2.26. The molecule has 0 saturated heterocycles. The summed E-state index contributed by atoms with van der Waals surface area (Å²) < 4.78 is 63.9. The summed E-state index contributed by atoms with van der Waals surface area (Å²) in [4.78, 5) is 11.1. The highest BCUT2D eigenvalue weighted by Gasteiger charge is 2.48. The van der Waals surface area contributed by atoms with Crippen LogP contribution in [0, 0.1) is 5.82 Å². The van der Waals surface area contributed by atoms with Gasteiger partial charge in [-0.3, -0.25) is 0 Å². The van der Waals surface area contributed by atoms with Gasteiger partial charge in [0.25, 0.3) is 0 Å². The lowest BCUT2D eigenvalue weighted by molar-refractivity contribution is -0.187. The van der Waals surface area contributed by atoms with E-state index in [9.17, 15) is 22.4 Å². The van der Waals surface area contributed by atoms with Crippen molar-refractivity contribution in [3.63, 3.8) is 0 Å². The SMILES string of the molecule is O=C(O)C1=Cc2cc(Cl)c(Oc3ccc(Br)cc3F)cc2OC1C(F)(F)F. The zero-order chi connectivity index (χ0) is 19.9. The van der Waals surface area contributed by atoms with Gasteiger partial charge in [0.1, 0.15) is 11.5 Å². The molecule has 1 unspecified atom stereocenters. The van der Waals surface area contributed by atoms with Crippen molar-refractivity contribution >= 4 is 39.6 Å². The molecular formula is C17H8BrClF4O4. The van der Waals surface area contributed by atoms with Crippen LogP contribution >= 0.6 is 27.5 Å². The minimum atomic E-state index is -4.94. The van der Waals surface area contributed by atoms with Crippen molar-refractivity contribution in [1.29, 1.82) is 0 Å². The number of hydrogen-bond donors (Lipinski definition) is 1. The summed E-state index contributed by atoms with van der Waals surface area (Å²) in [6, 6.07) is 6.17. The molecule has 0 aliphatic carbocycles. The summed E-state index contributed by atoms with van der Waals surface area (Å²) in [5, 5.41) is 8.95. The fourth-order valence-electron chi connectivity index (χ4n) is 2.37. The van der Waals surface area contributed by atoms with Gasteiger partial charge in [-0.05, 0) is 30.3 Å². The van der Waals surface area contributed by atoms with Crippen molar-refractivity contribution < 1.29 is 36.9 Å². The highest BCUT2D eigenvalue weighted by Crippen LogP contribution is 2.42. The molecule has 0 spiro atoms. The molecule has 2 aromatic carbocycles. The molecule has 3 rings (SSSR count). The van der Waals surface area contributed by atoms with Crippen LogP contribution in [0.2, 0.25) is 5.02 Å². The van der Waals surface area contributed by atoms with Gasteiger partial charge in [0.2, 0.25) is 6.10 Å². The first-order valence-electron chi connectivity index (χ1n) is 7.21. The van der Waals surface area contributed by atoms with Gasteiger partial charge in [0.15, 0.2) is 11.6 Å². The van der Waals surface area contributed by atoms with E-state index in [0.717, 1.165) is 18.2 Å². The quantitative estimate of drug-likeness (QED) is 0.578. The zero-order valence-electron chi connectivity index (χ0n) is 13.0. The number of alkyl halides is 3. The number of benzene rings is 2. The monoisotopic (exact) mass is 466 g/mol. The maximum absolute atomic E-state index is 13.9. The fourth-order valence-corrected chi connectivity index (χ4v) is 2.91. The van der Waals surface area contributed by atoms with Crippen molar-refractivity contribution in [2.24, 2.45) is 0 Å². The van der Waals surface area contributed by atoms with E-state index in [1.54, 1.807) is 0 Å². The Labute approximate surface area is 163 Å². The smallest absolute Gasteiger partial charge is 0.430 e. The van der Waals surface area contributed by atoms with Crippen molar-refractivity contribution in [2.75, 3.05) is 0 Å². The molecule has 4 nitrogen and oxygen atoms in total. The number of carbonyl (C=O) groups is 1. The molecule has 142 valence electrons. The summed E-state index contributed by atoms with van der Waals surface area (Å²) >= 11 is 9.12. The molecule has 0 fully saturated rings. The van der Waals surface area contributed by atoms with Crippen LogP contribution in [0.4, 0.5) is 17.6 Å². The first kappa shape index (κ1) is 19.5. The number of rotatable bonds is 3. The van der Waals surface area contributed by atoms with Gasteiger partial charge in [-0.2, -0.15) is 13.2 Å². The van der Waals surface area contributed by atoms with E-state index in [0.29, 0.717) is 4.47 Å². The Morgan fingerprint density at radius 2 is 1.93 bits per heavy atom. The average molecular weight is 468 g/mol. The van der Waals surface area contributed by atoms with Crippen molar-refractivity contribution in [3.05, 3.63) is 56.8 Å². The zero-order valence-corrected chi connectivity index (χ0v) is 15.3. The standard InChI is InChI=1S/C17H8BrClF4O4/c18-8-1-2-12(11(20)5-8)26-14-6-13-7(4-10(14)19)3-9(16(24)25)15(27-13)17(21,22)23/h1-6,15H,(H,24,25). The molecule has 10 heteroatoms. The van der Waals surface area contributed by atoms with Gasteiger partial charge in [-0.25, -0.2) is 9.18 Å². The highest BCUT2D eigenvalue weighted by molar-refractivity contribution is 9.10. The van der Waals surface area contributed by atoms with E-state index >= 15 is 0 Å². The van der Waals surface area contributed by atoms with Crippen LogP contribution in [-0.2, 0) is 4.79 Å². The minimum absolute atomic E-state index is 0.0292. The van der Waals surface area contributed by atoms with Gasteiger partial charge in [-0.1, -0.05) is 27.5 Å². The first-order chi connectivity index (χ1) is 12.6. The molecule has 2 aromatic rings. The van der Waals surface area contributed by atoms with Gasteiger partial charge in [0.05, 0.1) is 10.6 Å². The Morgan fingerprint density at radius 3 is 2.52 bits per heavy atom. The Kier molecular flexibility index (Phi) is 5.09. The van der Waals surface area contributed by atoms with Crippen LogP contribution in [0.5, 0.6) is 17.2 Å². The van der Waals surface area contributed by atoms with Gasteiger partial charge >= 0.3 is 12.1 Å². The molecule has 0 radical (unpaired) electrons. The van der Waals surface area contributed by atoms with Crippen LogP contribution in [0.25, 0.3) is 6.08 Å². The van der Waals surface area contributed by atoms with Crippen LogP contribution < -0.4 is 9.47 Å². The second kappa shape index (κ2) is 7.05. The maximum Gasteiger partial charge on any atom is 0.430 e.